The molecule has 6 rings (SSSR count). The molecule has 198 valence electrons. The predicted octanol–water partition coefficient (Wildman–Crippen LogP) is 5.79. The topological polar surface area (TPSA) is 99.9 Å². The van der Waals surface area contributed by atoms with E-state index in [1.165, 1.54) is 12.3 Å². The Morgan fingerprint density at radius 2 is 1.80 bits per heavy atom. The summed E-state index contributed by atoms with van der Waals surface area (Å²) in [6, 6.07) is 16.7. The van der Waals surface area contributed by atoms with Gasteiger partial charge < -0.3 is 15.0 Å². The molecule has 1 aliphatic heterocycles. The van der Waals surface area contributed by atoms with Crippen LogP contribution in [-0.4, -0.2) is 46.2 Å². The SMILES string of the molecule is Cc1c(-c2ccccn2)nc2cc(F)cc(F)c2c1Nc1cc(-c2ccc(C#N)cn2)nc(N2CCOCC2)c1. The second kappa shape index (κ2) is 10.6. The minimum absolute atomic E-state index is 0.168. The van der Waals surface area contributed by atoms with Crippen molar-refractivity contribution in [2.45, 2.75) is 6.92 Å². The van der Waals surface area contributed by atoms with Crippen LogP contribution in [0.4, 0.5) is 26.0 Å². The molecular weight excluding hydrogens is 512 g/mol. The lowest BCUT2D eigenvalue weighted by atomic mass is 10.0. The van der Waals surface area contributed by atoms with Gasteiger partial charge in [-0.3, -0.25) is 9.97 Å². The molecule has 8 nitrogen and oxygen atoms in total. The van der Waals surface area contributed by atoms with Crippen molar-refractivity contribution in [3.63, 3.8) is 0 Å². The Bertz CT molecular complexity index is 1750. The van der Waals surface area contributed by atoms with E-state index in [2.05, 4.69) is 31.2 Å². The van der Waals surface area contributed by atoms with Gasteiger partial charge in [0.1, 0.15) is 23.5 Å². The van der Waals surface area contributed by atoms with Gasteiger partial charge in [0.2, 0.25) is 0 Å². The number of rotatable bonds is 5. The molecule has 10 heteroatoms. The van der Waals surface area contributed by atoms with Gasteiger partial charge in [0.15, 0.2) is 0 Å². The molecule has 0 atom stereocenters. The van der Waals surface area contributed by atoms with Gasteiger partial charge in [0, 0.05) is 54.9 Å². The molecule has 1 N–H and O–H groups in total. The van der Waals surface area contributed by atoms with Crippen LogP contribution < -0.4 is 10.2 Å². The molecule has 1 fully saturated rings. The fourth-order valence-electron chi connectivity index (χ4n) is 4.74. The molecule has 0 bridgehead atoms. The largest absolute Gasteiger partial charge is 0.378 e. The number of nitriles is 1. The number of hydrogen-bond acceptors (Lipinski definition) is 8. The second-order valence-electron chi connectivity index (χ2n) is 9.32. The predicted molar refractivity (Wildman–Crippen MR) is 148 cm³/mol. The van der Waals surface area contributed by atoms with Crippen LogP contribution in [0.1, 0.15) is 11.1 Å². The number of hydrogen-bond donors (Lipinski definition) is 1. The lowest BCUT2D eigenvalue weighted by Gasteiger charge is -2.28. The summed E-state index contributed by atoms with van der Waals surface area (Å²) in [6.07, 6.45) is 3.14. The standard InChI is InChI=1S/C30H23F2N7O/c1-18-29(24-4-2-3-7-34-24)38-26-13-20(31)12-22(32)28(26)30(18)36-21-14-25(23-6-5-19(16-33)17-35-23)37-27(15-21)39-8-10-40-11-9-39/h2-7,12-15,17H,8-11H2,1H3,(H,36,37,38). The van der Waals surface area contributed by atoms with Crippen LogP contribution in [0.25, 0.3) is 33.7 Å². The maximum absolute atomic E-state index is 15.3. The summed E-state index contributed by atoms with van der Waals surface area (Å²) >= 11 is 0. The van der Waals surface area contributed by atoms with E-state index in [4.69, 9.17) is 9.72 Å². The zero-order valence-electron chi connectivity index (χ0n) is 21.5. The summed E-state index contributed by atoms with van der Waals surface area (Å²) in [6.45, 7) is 4.29. The molecule has 5 aromatic rings. The van der Waals surface area contributed by atoms with Crippen molar-refractivity contribution >= 4 is 28.1 Å². The highest BCUT2D eigenvalue weighted by molar-refractivity contribution is 5.98. The lowest BCUT2D eigenvalue weighted by Crippen LogP contribution is -2.36. The van der Waals surface area contributed by atoms with E-state index in [1.807, 2.05) is 25.1 Å². The van der Waals surface area contributed by atoms with Crippen LogP contribution in [0.5, 0.6) is 0 Å². The van der Waals surface area contributed by atoms with Crippen molar-refractivity contribution in [1.82, 2.24) is 19.9 Å². The third-order valence-electron chi connectivity index (χ3n) is 6.73. The van der Waals surface area contributed by atoms with Crippen LogP contribution in [0.2, 0.25) is 0 Å². The van der Waals surface area contributed by atoms with E-state index >= 15 is 4.39 Å². The highest BCUT2D eigenvalue weighted by Gasteiger charge is 2.20. The molecule has 0 radical (unpaired) electrons. The van der Waals surface area contributed by atoms with E-state index in [-0.39, 0.29) is 10.9 Å². The number of anilines is 3. The Morgan fingerprint density at radius 1 is 0.950 bits per heavy atom. The van der Waals surface area contributed by atoms with Gasteiger partial charge in [-0.15, -0.1) is 0 Å². The van der Waals surface area contributed by atoms with E-state index < -0.39 is 11.6 Å². The number of halogens is 2. The Kier molecular flexibility index (Phi) is 6.72. The summed E-state index contributed by atoms with van der Waals surface area (Å²) in [7, 11) is 0. The molecule has 4 aromatic heterocycles. The molecule has 1 saturated heterocycles. The average Bonchev–Trinajstić information content (AvgIpc) is 2.99. The minimum Gasteiger partial charge on any atom is -0.378 e. The fraction of sp³-hybridized carbons (Fsp3) is 0.167. The van der Waals surface area contributed by atoms with Crippen molar-refractivity contribution in [2.75, 3.05) is 36.5 Å². The summed E-state index contributed by atoms with van der Waals surface area (Å²) in [5.74, 6) is -0.744. The number of ether oxygens (including phenoxy) is 1. The Balaban J connectivity index is 1.53. The third kappa shape index (κ3) is 4.90. The number of nitrogens with zero attached hydrogens (tertiary/aromatic N) is 6. The highest BCUT2D eigenvalue weighted by Crippen LogP contribution is 2.37. The van der Waals surface area contributed by atoms with Crippen molar-refractivity contribution in [1.29, 1.82) is 5.26 Å². The number of fused-ring (bicyclic) bond motifs is 1. The number of aromatic nitrogens is 4. The Hall–Kier alpha value is -5.01. The van der Waals surface area contributed by atoms with Crippen LogP contribution in [0.3, 0.4) is 0 Å². The van der Waals surface area contributed by atoms with Crippen LogP contribution in [-0.2, 0) is 4.74 Å². The molecule has 0 spiro atoms. The van der Waals surface area contributed by atoms with Gasteiger partial charge >= 0.3 is 0 Å². The molecule has 1 aromatic carbocycles. The maximum atomic E-state index is 15.3. The van der Waals surface area contributed by atoms with Gasteiger partial charge in [-0.1, -0.05) is 6.07 Å². The molecule has 1 aliphatic rings. The normalized spacial score (nSPS) is 13.3. The number of nitrogens with one attached hydrogen (secondary N) is 1. The molecule has 0 unspecified atom stereocenters. The van der Waals surface area contributed by atoms with Crippen molar-refractivity contribution in [3.8, 4) is 28.8 Å². The van der Waals surface area contributed by atoms with Crippen LogP contribution >= 0.6 is 0 Å². The summed E-state index contributed by atoms with van der Waals surface area (Å²) in [4.78, 5) is 20.4. The summed E-state index contributed by atoms with van der Waals surface area (Å²) in [5, 5.41) is 12.7. The van der Waals surface area contributed by atoms with Crippen LogP contribution in [0, 0.1) is 29.9 Å². The maximum Gasteiger partial charge on any atom is 0.137 e. The smallest absolute Gasteiger partial charge is 0.137 e. The first kappa shape index (κ1) is 25.3. The first-order valence-electron chi connectivity index (χ1n) is 12.7. The summed E-state index contributed by atoms with van der Waals surface area (Å²) in [5.41, 5.74) is 4.58. The zero-order valence-corrected chi connectivity index (χ0v) is 21.5. The van der Waals surface area contributed by atoms with Crippen LogP contribution in [0.15, 0.2) is 67.0 Å². The molecular formula is C30H23F2N7O. The second-order valence-corrected chi connectivity index (χ2v) is 9.32. The van der Waals surface area contributed by atoms with Crippen molar-refractivity contribution < 1.29 is 13.5 Å². The van der Waals surface area contributed by atoms with E-state index in [9.17, 15) is 9.65 Å². The van der Waals surface area contributed by atoms with E-state index in [0.717, 1.165) is 6.07 Å². The molecule has 0 saturated carbocycles. The molecule has 0 aliphatic carbocycles. The third-order valence-corrected chi connectivity index (χ3v) is 6.73. The van der Waals surface area contributed by atoms with E-state index in [0.29, 0.717) is 77.4 Å². The van der Waals surface area contributed by atoms with Gasteiger partial charge in [0.05, 0.1) is 58.1 Å². The van der Waals surface area contributed by atoms with Gasteiger partial charge in [-0.05, 0) is 37.3 Å². The lowest BCUT2D eigenvalue weighted by molar-refractivity contribution is 0.122. The van der Waals surface area contributed by atoms with E-state index in [1.54, 1.807) is 30.5 Å². The first-order chi connectivity index (χ1) is 19.5. The monoisotopic (exact) mass is 535 g/mol. The fourth-order valence-corrected chi connectivity index (χ4v) is 4.74. The molecule has 0 amide bonds. The van der Waals surface area contributed by atoms with Crippen molar-refractivity contribution in [3.05, 3.63) is 89.8 Å². The Labute approximate surface area is 228 Å². The first-order valence-corrected chi connectivity index (χ1v) is 12.7. The minimum atomic E-state index is -0.725. The number of pyridine rings is 4. The summed E-state index contributed by atoms with van der Waals surface area (Å²) < 4.78 is 35.1. The van der Waals surface area contributed by atoms with Gasteiger partial charge in [0.25, 0.3) is 0 Å². The van der Waals surface area contributed by atoms with Gasteiger partial charge in [-0.25, -0.2) is 18.7 Å². The molecule has 5 heterocycles. The number of benzene rings is 1. The zero-order chi connectivity index (χ0) is 27.6. The molecule has 40 heavy (non-hydrogen) atoms. The average molecular weight is 536 g/mol. The van der Waals surface area contributed by atoms with Crippen molar-refractivity contribution in [2.24, 2.45) is 0 Å². The quantitative estimate of drug-likeness (QED) is 0.302. The number of morpholine rings is 1. The highest BCUT2D eigenvalue weighted by atomic mass is 19.1. The Morgan fingerprint density at radius 3 is 2.52 bits per heavy atom. The van der Waals surface area contributed by atoms with Gasteiger partial charge in [-0.2, -0.15) is 5.26 Å².